The lowest BCUT2D eigenvalue weighted by molar-refractivity contribution is -0.145. The van der Waals surface area contributed by atoms with Crippen LogP contribution in [0.2, 0.25) is 0 Å². The van der Waals surface area contributed by atoms with Crippen LogP contribution in [0.3, 0.4) is 0 Å². The third-order valence-electron chi connectivity index (χ3n) is 1.38. The number of rotatable bonds is 4. The van der Waals surface area contributed by atoms with Gasteiger partial charge in [-0.15, -0.1) is 11.6 Å². The molecule has 0 rings (SSSR count). The Hall–Kier alpha value is -0.280. The van der Waals surface area contributed by atoms with Crippen LogP contribution < -0.4 is 0 Å². The molecule has 0 aliphatic heterocycles. The third kappa shape index (κ3) is 2.54. The van der Waals surface area contributed by atoms with Crippen molar-refractivity contribution in [1.82, 2.24) is 0 Å². The van der Waals surface area contributed by atoms with E-state index in [-0.39, 0.29) is 5.88 Å². The number of carbonyl (C=O) groups is 1. The lowest BCUT2D eigenvalue weighted by Gasteiger charge is -2.13. The molecule has 0 fully saturated rings. The molecule has 3 nitrogen and oxygen atoms in total. The van der Waals surface area contributed by atoms with Crippen LogP contribution in [0.15, 0.2) is 0 Å². The van der Waals surface area contributed by atoms with Crippen molar-refractivity contribution >= 4 is 17.6 Å². The molecule has 0 aromatic carbocycles. The molecular weight excluding hydrogens is 156 g/mol. The number of carboxylic acids is 1. The molecule has 0 saturated heterocycles. The molecule has 0 saturated carbocycles. The molecule has 60 valence electrons. The van der Waals surface area contributed by atoms with E-state index in [0.29, 0.717) is 6.42 Å². The standard InChI is InChI=1S/C6H11ClO3/c1-2-4(6(9)10)5(8)3-7/h4-5,8H,2-3H2,1H3,(H,9,10)/t4?,5-/m0/s1. The van der Waals surface area contributed by atoms with Crippen molar-refractivity contribution in [3.8, 4) is 0 Å². The number of hydrogen-bond acceptors (Lipinski definition) is 2. The number of alkyl halides is 1. The maximum absolute atomic E-state index is 10.3. The van der Waals surface area contributed by atoms with Gasteiger partial charge in [-0.05, 0) is 6.42 Å². The smallest absolute Gasteiger partial charge is 0.309 e. The van der Waals surface area contributed by atoms with E-state index in [1.165, 1.54) is 0 Å². The molecule has 1 unspecified atom stereocenters. The largest absolute Gasteiger partial charge is 0.481 e. The fraction of sp³-hybridized carbons (Fsp3) is 0.833. The van der Waals surface area contributed by atoms with Crippen LogP contribution in [0.25, 0.3) is 0 Å². The number of aliphatic hydroxyl groups is 1. The molecule has 4 heteroatoms. The first-order valence-electron chi connectivity index (χ1n) is 3.10. The third-order valence-corrected chi connectivity index (χ3v) is 1.70. The number of aliphatic hydroxyl groups excluding tert-OH is 1. The van der Waals surface area contributed by atoms with Crippen LogP contribution in [0.4, 0.5) is 0 Å². The second-order valence-electron chi connectivity index (χ2n) is 2.07. The average Bonchev–Trinajstić information content (AvgIpc) is 1.88. The van der Waals surface area contributed by atoms with E-state index in [4.69, 9.17) is 21.8 Å². The van der Waals surface area contributed by atoms with Crippen molar-refractivity contribution in [3.63, 3.8) is 0 Å². The Morgan fingerprint density at radius 2 is 2.20 bits per heavy atom. The number of carboxylic acid groups (broad SMARTS) is 1. The van der Waals surface area contributed by atoms with Gasteiger partial charge >= 0.3 is 5.97 Å². The molecule has 0 heterocycles. The summed E-state index contributed by atoms with van der Waals surface area (Å²) in [6.07, 6.45) is -0.521. The summed E-state index contributed by atoms with van der Waals surface area (Å²) in [6, 6.07) is 0. The van der Waals surface area contributed by atoms with E-state index >= 15 is 0 Å². The fourth-order valence-electron chi connectivity index (χ4n) is 0.719. The van der Waals surface area contributed by atoms with E-state index < -0.39 is 18.0 Å². The summed E-state index contributed by atoms with van der Waals surface area (Å²) >= 11 is 5.26. The number of aliphatic carboxylic acids is 1. The highest BCUT2D eigenvalue weighted by atomic mass is 35.5. The minimum absolute atomic E-state index is 0.0230. The first-order valence-corrected chi connectivity index (χ1v) is 3.63. The van der Waals surface area contributed by atoms with Crippen LogP contribution in [0.5, 0.6) is 0 Å². The SMILES string of the molecule is CCC(C(=O)O)[C@@H](O)CCl. The van der Waals surface area contributed by atoms with Crippen molar-refractivity contribution < 1.29 is 15.0 Å². The minimum Gasteiger partial charge on any atom is -0.481 e. The monoisotopic (exact) mass is 166 g/mol. The maximum atomic E-state index is 10.3. The van der Waals surface area contributed by atoms with Gasteiger partial charge in [0.15, 0.2) is 0 Å². The maximum Gasteiger partial charge on any atom is 0.309 e. The molecule has 0 aliphatic carbocycles. The van der Waals surface area contributed by atoms with E-state index in [1.807, 2.05) is 0 Å². The molecular formula is C6H11ClO3. The molecule has 0 aromatic heterocycles. The van der Waals surface area contributed by atoms with E-state index in [1.54, 1.807) is 6.92 Å². The predicted molar refractivity (Wildman–Crippen MR) is 38.1 cm³/mol. The van der Waals surface area contributed by atoms with Crippen molar-refractivity contribution in [3.05, 3.63) is 0 Å². The highest BCUT2D eigenvalue weighted by molar-refractivity contribution is 6.18. The minimum atomic E-state index is -0.990. The van der Waals surface area contributed by atoms with Gasteiger partial charge in [-0.1, -0.05) is 6.92 Å². The van der Waals surface area contributed by atoms with Gasteiger partial charge in [-0.2, -0.15) is 0 Å². The van der Waals surface area contributed by atoms with Crippen LogP contribution >= 0.6 is 11.6 Å². The zero-order chi connectivity index (χ0) is 8.15. The Morgan fingerprint density at radius 1 is 1.70 bits per heavy atom. The lowest BCUT2D eigenvalue weighted by atomic mass is 10.0. The van der Waals surface area contributed by atoms with Crippen LogP contribution in [-0.2, 0) is 4.79 Å². The average molecular weight is 167 g/mol. The van der Waals surface area contributed by atoms with Gasteiger partial charge in [0.1, 0.15) is 0 Å². The van der Waals surface area contributed by atoms with Crippen LogP contribution in [-0.4, -0.2) is 28.2 Å². The Kier molecular flexibility index (Phi) is 4.40. The molecule has 0 spiro atoms. The summed E-state index contributed by atoms with van der Waals surface area (Å²) in [5.74, 6) is -1.74. The molecule has 0 bridgehead atoms. The van der Waals surface area contributed by atoms with E-state index in [0.717, 1.165) is 0 Å². The molecule has 2 N–H and O–H groups in total. The molecule has 0 radical (unpaired) electrons. The summed E-state index contributed by atoms with van der Waals surface area (Å²) in [5.41, 5.74) is 0. The van der Waals surface area contributed by atoms with Crippen LogP contribution in [0, 0.1) is 5.92 Å². The molecule has 0 amide bonds. The second-order valence-corrected chi connectivity index (χ2v) is 2.38. The quantitative estimate of drug-likeness (QED) is 0.605. The fourth-order valence-corrected chi connectivity index (χ4v) is 0.934. The number of hydrogen-bond donors (Lipinski definition) is 2. The Balaban J connectivity index is 3.92. The molecule has 0 aromatic rings. The first kappa shape index (κ1) is 9.72. The molecule has 0 aliphatic rings. The summed E-state index contributed by atoms with van der Waals surface area (Å²) in [6.45, 7) is 1.70. The lowest BCUT2D eigenvalue weighted by Crippen LogP contribution is -2.28. The normalized spacial score (nSPS) is 16.3. The first-order chi connectivity index (χ1) is 4.63. The van der Waals surface area contributed by atoms with Gasteiger partial charge in [0.2, 0.25) is 0 Å². The highest BCUT2D eigenvalue weighted by Crippen LogP contribution is 2.09. The Bertz CT molecular complexity index is 116. The topological polar surface area (TPSA) is 57.5 Å². The zero-order valence-electron chi connectivity index (χ0n) is 5.75. The summed E-state index contributed by atoms with van der Waals surface area (Å²) < 4.78 is 0. The van der Waals surface area contributed by atoms with Crippen molar-refractivity contribution in [2.45, 2.75) is 19.4 Å². The molecule has 10 heavy (non-hydrogen) atoms. The predicted octanol–water partition coefficient (Wildman–Crippen LogP) is 0.697. The Labute approximate surface area is 64.6 Å². The van der Waals surface area contributed by atoms with Gasteiger partial charge in [0.05, 0.1) is 12.0 Å². The van der Waals surface area contributed by atoms with Gasteiger partial charge in [-0.25, -0.2) is 0 Å². The van der Waals surface area contributed by atoms with Gasteiger partial charge in [-0.3, -0.25) is 4.79 Å². The molecule has 2 atom stereocenters. The highest BCUT2D eigenvalue weighted by Gasteiger charge is 2.23. The summed E-state index contributed by atoms with van der Waals surface area (Å²) in [4.78, 5) is 10.3. The van der Waals surface area contributed by atoms with E-state index in [2.05, 4.69) is 0 Å². The zero-order valence-corrected chi connectivity index (χ0v) is 6.51. The van der Waals surface area contributed by atoms with Crippen molar-refractivity contribution in [2.75, 3.05) is 5.88 Å². The summed E-state index contributed by atoms with van der Waals surface area (Å²) in [7, 11) is 0. The van der Waals surface area contributed by atoms with Crippen molar-refractivity contribution in [2.24, 2.45) is 5.92 Å². The van der Waals surface area contributed by atoms with Gasteiger partial charge < -0.3 is 10.2 Å². The van der Waals surface area contributed by atoms with Gasteiger partial charge in [0.25, 0.3) is 0 Å². The number of halogens is 1. The Morgan fingerprint density at radius 3 is 2.30 bits per heavy atom. The summed E-state index contributed by atoms with van der Waals surface area (Å²) in [5, 5.41) is 17.4. The van der Waals surface area contributed by atoms with Gasteiger partial charge in [0, 0.05) is 5.88 Å². The van der Waals surface area contributed by atoms with Crippen LogP contribution in [0.1, 0.15) is 13.3 Å². The van der Waals surface area contributed by atoms with E-state index in [9.17, 15) is 4.79 Å². The second kappa shape index (κ2) is 4.52. The van der Waals surface area contributed by atoms with Crippen molar-refractivity contribution in [1.29, 1.82) is 0 Å².